The van der Waals surface area contributed by atoms with E-state index in [1.54, 1.807) is 16.8 Å². The fourth-order valence-corrected chi connectivity index (χ4v) is 6.00. The molecule has 0 aliphatic carbocycles. The van der Waals surface area contributed by atoms with Crippen LogP contribution in [0.25, 0.3) is 11.3 Å². The number of aliphatic imine (C=N–C) groups is 1. The number of hydrogen-bond donors (Lipinski definition) is 0. The zero-order chi connectivity index (χ0) is 31.3. The molecule has 1 aliphatic rings. The van der Waals surface area contributed by atoms with E-state index in [9.17, 15) is 9.59 Å². The number of amidine groups is 1. The van der Waals surface area contributed by atoms with E-state index in [-0.39, 0.29) is 17.9 Å². The van der Waals surface area contributed by atoms with Crippen molar-refractivity contribution in [2.75, 3.05) is 31.6 Å². The molecule has 226 valence electrons. The Labute approximate surface area is 260 Å². The third-order valence-electron chi connectivity index (χ3n) is 7.84. The molecule has 2 amide bonds. The van der Waals surface area contributed by atoms with Gasteiger partial charge in [-0.1, -0.05) is 63.6 Å². The molecule has 8 nitrogen and oxygen atoms in total. The monoisotopic (exact) mass is 600 g/mol. The molecule has 9 heteroatoms. The van der Waals surface area contributed by atoms with Gasteiger partial charge in [-0.05, 0) is 61.6 Å². The molecular formula is C34H41ClN6O2. The summed E-state index contributed by atoms with van der Waals surface area (Å²) in [6, 6.07) is 11.6. The third kappa shape index (κ3) is 6.49. The van der Waals surface area contributed by atoms with Crippen molar-refractivity contribution in [1.29, 1.82) is 0 Å². The average Bonchev–Trinajstić information content (AvgIpc) is 3.00. The van der Waals surface area contributed by atoms with E-state index >= 15 is 0 Å². The topological polar surface area (TPSA) is 82.0 Å². The van der Waals surface area contributed by atoms with Gasteiger partial charge in [-0.2, -0.15) is 0 Å². The van der Waals surface area contributed by atoms with E-state index in [1.165, 1.54) is 6.08 Å². The first-order valence-electron chi connectivity index (χ1n) is 14.8. The molecule has 1 saturated heterocycles. The lowest BCUT2D eigenvalue weighted by molar-refractivity contribution is -0.128. The van der Waals surface area contributed by atoms with Crippen molar-refractivity contribution in [1.82, 2.24) is 19.8 Å². The van der Waals surface area contributed by atoms with Gasteiger partial charge in [-0.15, -0.1) is 0 Å². The molecule has 3 aromatic rings. The summed E-state index contributed by atoms with van der Waals surface area (Å²) in [4.78, 5) is 45.9. The highest BCUT2D eigenvalue weighted by molar-refractivity contribution is 6.33. The SMILES string of the molecule is C=CC(=O)N1CCN(/C(=N/C)c2cc(C)c(-c3ccccc3Cl)nc2N(C=O)c2c(CCC)ccnc2C(C)C)C(C)C1. The van der Waals surface area contributed by atoms with Gasteiger partial charge in [0, 0.05) is 49.5 Å². The van der Waals surface area contributed by atoms with Crippen molar-refractivity contribution in [3.63, 3.8) is 0 Å². The molecule has 2 aromatic heterocycles. The molecule has 0 N–H and O–H groups in total. The maximum absolute atomic E-state index is 13.2. The molecule has 1 unspecified atom stereocenters. The van der Waals surface area contributed by atoms with Gasteiger partial charge in [0.2, 0.25) is 12.3 Å². The number of nitrogens with zero attached hydrogens (tertiary/aromatic N) is 6. The lowest BCUT2D eigenvalue weighted by atomic mass is 9.99. The number of benzene rings is 1. The maximum Gasteiger partial charge on any atom is 0.246 e. The Morgan fingerprint density at radius 3 is 2.60 bits per heavy atom. The minimum atomic E-state index is -0.0860. The quantitative estimate of drug-likeness (QED) is 0.120. The molecule has 1 fully saturated rings. The zero-order valence-electron chi connectivity index (χ0n) is 26.0. The molecule has 1 aliphatic heterocycles. The first-order chi connectivity index (χ1) is 20.7. The molecule has 43 heavy (non-hydrogen) atoms. The summed E-state index contributed by atoms with van der Waals surface area (Å²) in [6.07, 6.45) is 5.69. The smallest absolute Gasteiger partial charge is 0.246 e. The van der Waals surface area contributed by atoms with Gasteiger partial charge in [-0.3, -0.25) is 24.5 Å². The summed E-state index contributed by atoms with van der Waals surface area (Å²) in [5.74, 6) is 1.15. The fraction of sp³-hybridized carbons (Fsp3) is 0.382. The summed E-state index contributed by atoms with van der Waals surface area (Å²) in [6.45, 7) is 15.6. The molecule has 0 saturated carbocycles. The lowest BCUT2D eigenvalue weighted by Gasteiger charge is -2.41. The second kappa shape index (κ2) is 14.0. The Bertz CT molecular complexity index is 1540. The van der Waals surface area contributed by atoms with Crippen LogP contribution in [0, 0.1) is 6.92 Å². The zero-order valence-corrected chi connectivity index (χ0v) is 26.7. The molecule has 0 bridgehead atoms. The first kappa shape index (κ1) is 31.9. The number of halogens is 1. The number of carbonyl (C=O) groups is 2. The number of anilines is 2. The van der Waals surface area contributed by atoms with Crippen LogP contribution in [0.4, 0.5) is 11.5 Å². The Morgan fingerprint density at radius 2 is 2.00 bits per heavy atom. The van der Waals surface area contributed by atoms with Crippen molar-refractivity contribution in [3.05, 3.63) is 82.7 Å². The predicted molar refractivity (Wildman–Crippen MR) is 175 cm³/mol. The standard InChI is InChI=1S/C34H41ClN6O2/c1-8-12-25-15-16-37-30(22(3)4)32(25)41(21-42)34-27(19-23(5)31(38-34)26-13-10-11-14-28(26)35)33(36-7)40-18-17-39(20-24(40)6)29(43)9-2/h9-11,13-16,19,21-22,24H,2,8,12,17-18,20H2,1,3-7H3/b36-33+. The largest absolute Gasteiger partial charge is 0.350 e. The number of aromatic nitrogens is 2. The number of amides is 2. The van der Waals surface area contributed by atoms with Gasteiger partial charge < -0.3 is 9.80 Å². The van der Waals surface area contributed by atoms with Crippen molar-refractivity contribution in [3.8, 4) is 11.3 Å². The molecule has 3 heterocycles. The van der Waals surface area contributed by atoms with Crippen LogP contribution < -0.4 is 4.90 Å². The van der Waals surface area contributed by atoms with E-state index in [0.717, 1.165) is 52.9 Å². The van der Waals surface area contributed by atoms with E-state index in [2.05, 4.69) is 39.2 Å². The van der Waals surface area contributed by atoms with Crippen LogP contribution in [0.1, 0.15) is 62.4 Å². The number of aryl methyl sites for hydroxylation is 2. The Balaban J connectivity index is 1.98. The highest BCUT2D eigenvalue weighted by atomic mass is 35.5. The number of piperazine rings is 1. The highest BCUT2D eigenvalue weighted by Gasteiger charge is 2.32. The van der Waals surface area contributed by atoms with Crippen LogP contribution in [-0.4, -0.2) is 70.6 Å². The summed E-state index contributed by atoms with van der Waals surface area (Å²) >= 11 is 6.66. The first-order valence-corrected chi connectivity index (χ1v) is 15.2. The van der Waals surface area contributed by atoms with Crippen molar-refractivity contribution < 1.29 is 9.59 Å². The highest BCUT2D eigenvalue weighted by Crippen LogP contribution is 2.39. The lowest BCUT2D eigenvalue weighted by Crippen LogP contribution is -2.55. The molecule has 4 rings (SSSR count). The summed E-state index contributed by atoms with van der Waals surface area (Å²) in [5.41, 5.74) is 5.70. The van der Waals surface area contributed by atoms with E-state index in [0.29, 0.717) is 42.0 Å². The van der Waals surface area contributed by atoms with Gasteiger partial charge >= 0.3 is 0 Å². The molecule has 1 atom stereocenters. The summed E-state index contributed by atoms with van der Waals surface area (Å²) < 4.78 is 0. The van der Waals surface area contributed by atoms with Crippen LogP contribution in [0.15, 0.2) is 60.2 Å². The Hall–Kier alpha value is -4.04. The van der Waals surface area contributed by atoms with E-state index in [4.69, 9.17) is 26.6 Å². The number of carbonyl (C=O) groups excluding carboxylic acids is 2. The minimum absolute atomic E-state index is 0.0299. The summed E-state index contributed by atoms with van der Waals surface area (Å²) in [5, 5.41) is 0.575. The molecule has 0 spiro atoms. The van der Waals surface area contributed by atoms with Gasteiger partial charge in [0.05, 0.1) is 22.6 Å². The fourth-order valence-electron chi connectivity index (χ4n) is 5.78. The van der Waals surface area contributed by atoms with Gasteiger partial charge in [0.1, 0.15) is 5.84 Å². The van der Waals surface area contributed by atoms with Crippen LogP contribution >= 0.6 is 11.6 Å². The number of rotatable bonds is 9. The summed E-state index contributed by atoms with van der Waals surface area (Å²) in [7, 11) is 1.75. The Kier molecular flexibility index (Phi) is 10.3. The number of pyridine rings is 2. The van der Waals surface area contributed by atoms with E-state index in [1.807, 2.05) is 49.5 Å². The van der Waals surface area contributed by atoms with Gasteiger partial charge in [0.15, 0.2) is 5.82 Å². The molecular weight excluding hydrogens is 560 g/mol. The normalized spacial score (nSPS) is 15.5. The van der Waals surface area contributed by atoms with Crippen molar-refractivity contribution in [2.24, 2.45) is 4.99 Å². The second-order valence-corrected chi connectivity index (χ2v) is 11.6. The maximum atomic E-state index is 13.2. The van der Waals surface area contributed by atoms with Crippen molar-refractivity contribution >= 4 is 41.3 Å². The van der Waals surface area contributed by atoms with Gasteiger partial charge in [-0.25, -0.2) is 4.98 Å². The average molecular weight is 601 g/mol. The minimum Gasteiger partial charge on any atom is -0.350 e. The van der Waals surface area contributed by atoms with Crippen LogP contribution in [-0.2, 0) is 16.0 Å². The number of hydrogen-bond acceptors (Lipinski definition) is 5. The molecule has 1 aromatic carbocycles. The van der Waals surface area contributed by atoms with Crippen LogP contribution in [0.2, 0.25) is 5.02 Å². The van der Waals surface area contributed by atoms with Crippen LogP contribution in [0.5, 0.6) is 0 Å². The molecule has 0 radical (unpaired) electrons. The van der Waals surface area contributed by atoms with Crippen molar-refractivity contribution in [2.45, 2.75) is 59.4 Å². The van der Waals surface area contributed by atoms with Gasteiger partial charge in [0.25, 0.3) is 0 Å². The van der Waals surface area contributed by atoms with Crippen LogP contribution in [0.3, 0.4) is 0 Å². The third-order valence-corrected chi connectivity index (χ3v) is 8.17. The predicted octanol–water partition coefficient (Wildman–Crippen LogP) is 6.57. The Morgan fingerprint density at radius 1 is 1.26 bits per heavy atom. The van der Waals surface area contributed by atoms with E-state index < -0.39 is 0 Å². The second-order valence-electron chi connectivity index (χ2n) is 11.2.